The van der Waals surface area contributed by atoms with Gasteiger partial charge in [-0.1, -0.05) is 72.8 Å². The number of furan rings is 2. The van der Waals surface area contributed by atoms with Gasteiger partial charge in [-0.25, -0.2) is 9.97 Å². The van der Waals surface area contributed by atoms with E-state index in [0.717, 1.165) is 105 Å². The predicted octanol–water partition coefficient (Wildman–Crippen LogP) is 13.1. The van der Waals surface area contributed by atoms with E-state index in [0.29, 0.717) is 5.82 Å². The van der Waals surface area contributed by atoms with E-state index in [1.165, 1.54) is 0 Å². The van der Waals surface area contributed by atoms with E-state index in [2.05, 4.69) is 125 Å². The van der Waals surface area contributed by atoms with Gasteiger partial charge in [-0.3, -0.25) is 9.97 Å². The molecule has 0 unspecified atom stereocenters. The van der Waals surface area contributed by atoms with Gasteiger partial charge in [0.05, 0.1) is 11.4 Å². The molecule has 0 bridgehead atoms. The molecule has 0 N–H and O–H groups in total. The van der Waals surface area contributed by atoms with Crippen molar-refractivity contribution in [3.63, 3.8) is 0 Å². The van der Waals surface area contributed by atoms with Gasteiger partial charge >= 0.3 is 0 Å². The number of hydrogen-bond acceptors (Lipinski definition) is 6. The van der Waals surface area contributed by atoms with Gasteiger partial charge in [0.25, 0.3) is 0 Å². The van der Waals surface area contributed by atoms with E-state index in [-0.39, 0.29) is 0 Å². The number of fused-ring (bicyclic) bond motifs is 6. The topological polar surface area (TPSA) is 77.8 Å². The van der Waals surface area contributed by atoms with Crippen molar-refractivity contribution in [2.75, 3.05) is 0 Å². The van der Waals surface area contributed by atoms with Crippen LogP contribution < -0.4 is 0 Å². The SMILES string of the molecule is c1cncc(-c2cccc(-c3cc(-c4cc(-c5ccc6oc7ccccc7c6c5)cc(-c5ccc6oc7ccccc7c6c5)c4)nc(-c4cccnc4)n3)c2)c1. The second-order valence-corrected chi connectivity index (χ2v) is 13.9. The highest BCUT2D eigenvalue weighted by Crippen LogP contribution is 2.39. The first-order chi connectivity index (χ1) is 27.7. The highest BCUT2D eigenvalue weighted by molar-refractivity contribution is 6.07. The summed E-state index contributed by atoms with van der Waals surface area (Å²) in [4.78, 5) is 19.1. The Balaban J connectivity index is 1.13. The molecule has 0 spiro atoms. The lowest BCUT2D eigenvalue weighted by molar-refractivity contribution is 0.668. The zero-order chi connectivity index (χ0) is 37.0. The van der Waals surface area contributed by atoms with Crippen molar-refractivity contribution < 1.29 is 8.83 Å². The van der Waals surface area contributed by atoms with Gasteiger partial charge in [0.2, 0.25) is 0 Å². The van der Waals surface area contributed by atoms with Gasteiger partial charge in [0, 0.05) is 68.6 Å². The highest BCUT2D eigenvalue weighted by atomic mass is 16.3. The molecule has 0 fully saturated rings. The molecule has 5 heterocycles. The molecular weight excluding hydrogens is 689 g/mol. The highest BCUT2D eigenvalue weighted by Gasteiger charge is 2.16. The first-order valence-electron chi connectivity index (χ1n) is 18.5. The van der Waals surface area contributed by atoms with Crippen molar-refractivity contribution in [1.29, 1.82) is 0 Å². The smallest absolute Gasteiger partial charge is 0.161 e. The molecule has 0 saturated heterocycles. The molecule has 0 aliphatic heterocycles. The van der Waals surface area contributed by atoms with E-state index in [1.54, 1.807) is 12.4 Å². The lowest BCUT2D eigenvalue weighted by atomic mass is 9.93. The third-order valence-electron chi connectivity index (χ3n) is 10.4. The molecular formula is C50H30N4O2. The average molecular weight is 719 g/mol. The largest absolute Gasteiger partial charge is 0.456 e. The second-order valence-electron chi connectivity index (χ2n) is 13.9. The van der Waals surface area contributed by atoms with Gasteiger partial charge in [0.1, 0.15) is 22.3 Å². The number of benzene rings is 6. The summed E-state index contributed by atoms with van der Waals surface area (Å²) in [6.45, 7) is 0. The fraction of sp³-hybridized carbons (Fsp3) is 0. The molecule has 0 aliphatic carbocycles. The quantitative estimate of drug-likeness (QED) is 0.170. The van der Waals surface area contributed by atoms with Gasteiger partial charge in [-0.05, 0) is 113 Å². The molecule has 0 radical (unpaired) electrons. The minimum atomic E-state index is 0.599. The maximum atomic E-state index is 6.21. The third-order valence-corrected chi connectivity index (χ3v) is 10.4. The Bertz CT molecular complexity index is 3130. The van der Waals surface area contributed by atoms with Crippen LogP contribution in [0.1, 0.15) is 0 Å². The predicted molar refractivity (Wildman–Crippen MR) is 225 cm³/mol. The van der Waals surface area contributed by atoms with Gasteiger partial charge in [-0.2, -0.15) is 0 Å². The van der Waals surface area contributed by atoms with Crippen LogP contribution in [0.2, 0.25) is 0 Å². The van der Waals surface area contributed by atoms with Crippen molar-refractivity contribution >= 4 is 43.9 Å². The Labute approximate surface area is 321 Å². The number of hydrogen-bond donors (Lipinski definition) is 0. The summed E-state index contributed by atoms with van der Waals surface area (Å²) in [5.74, 6) is 0.599. The van der Waals surface area contributed by atoms with Crippen LogP contribution in [-0.4, -0.2) is 19.9 Å². The van der Waals surface area contributed by atoms with Crippen molar-refractivity contribution in [3.05, 3.63) is 183 Å². The molecule has 11 rings (SSSR count). The van der Waals surface area contributed by atoms with E-state index in [4.69, 9.17) is 18.8 Å². The monoisotopic (exact) mass is 718 g/mol. The maximum absolute atomic E-state index is 6.21. The molecule has 6 heteroatoms. The van der Waals surface area contributed by atoms with Crippen LogP contribution in [0.3, 0.4) is 0 Å². The number of para-hydroxylation sites is 2. The maximum Gasteiger partial charge on any atom is 0.161 e. The van der Waals surface area contributed by atoms with Crippen LogP contribution in [0.25, 0.3) is 111 Å². The molecule has 0 atom stereocenters. The lowest BCUT2D eigenvalue weighted by Crippen LogP contribution is -1.97. The third kappa shape index (κ3) is 5.60. The molecule has 0 aliphatic rings. The molecule has 56 heavy (non-hydrogen) atoms. The summed E-state index contributed by atoms with van der Waals surface area (Å²) in [6.07, 6.45) is 7.25. The Morgan fingerprint density at radius 1 is 0.304 bits per heavy atom. The number of aromatic nitrogens is 4. The lowest BCUT2D eigenvalue weighted by Gasteiger charge is -2.14. The number of nitrogens with zero attached hydrogens (tertiary/aromatic N) is 4. The zero-order valence-corrected chi connectivity index (χ0v) is 29.9. The van der Waals surface area contributed by atoms with Crippen LogP contribution in [0.5, 0.6) is 0 Å². The summed E-state index contributed by atoms with van der Waals surface area (Å²) in [6, 6.07) is 54.4. The molecule has 6 nitrogen and oxygen atoms in total. The Hall–Kier alpha value is -7.70. The minimum absolute atomic E-state index is 0.599. The summed E-state index contributed by atoms with van der Waals surface area (Å²) < 4.78 is 12.4. The molecule has 262 valence electrons. The van der Waals surface area contributed by atoms with E-state index < -0.39 is 0 Å². The number of rotatable bonds is 6. The zero-order valence-electron chi connectivity index (χ0n) is 29.9. The van der Waals surface area contributed by atoms with Crippen molar-refractivity contribution in [2.45, 2.75) is 0 Å². The summed E-state index contributed by atoms with van der Waals surface area (Å²) >= 11 is 0. The first-order valence-corrected chi connectivity index (χ1v) is 18.5. The van der Waals surface area contributed by atoms with E-state index >= 15 is 0 Å². The second kappa shape index (κ2) is 13.0. The van der Waals surface area contributed by atoms with Crippen LogP contribution in [0.15, 0.2) is 191 Å². The van der Waals surface area contributed by atoms with Gasteiger partial charge in [0.15, 0.2) is 5.82 Å². The fourth-order valence-electron chi connectivity index (χ4n) is 7.68. The van der Waals surface area contributed by atoms with E-state index in [9.17, 15) is 0 Å². The summed E-state index contributed by atoms with van der Waals surface area (Å²) in [5.41, 5.74) is 14.2. The van der Waals surface area contributed by atoms with Crippen LogP contribution in [0, 0.1) is 0 Å². The normalized spacial score (nSPS) is 11.6. The summed E-state index contributed by atoms with van der Waals surface area (Å²) in [7, 11) is 0. The van der Waals surface area contributed by atoms with Crippen molar-refractivity contribution in [2.24, 2.45) is 0 Å². The van der Waals surface area contributed by atoms with Gasteiger partial charge < -0.3 is 8.83 Å². The molecule has 6 aromatic carbocycles. The first kappa shape index (κ1) is 31.8. The van der Waals surface area contributed by atoms with Crippen LogP contribution >= 0.6 is 0 Å². The van der Waals surface area contributed by atoms with Crippen molar-refractivity contribution in [3.8, 4) is 67.3 Å². The Morgan fingerprint density at radius 3 is 1.39 bits per heavy atom. The summed E-state index contributed by atoms with van der Waals surface area (Å²) in [5, 5.41) is 4.34. The van der Waals surface area contributed by atoms with Crippen molar-refractivity contribution in [1.82, 2.24) is 19.9 Å². The molecule has 0 saturated carbocycles. The molecule has 0 amide bonds. The van der Waals surface area contributed by atoms with Gasteiger partial charge in [-0.15, -0.1) is 0 Å². The van der Waals surface area contributed by atoms with Crippen LogP contribution in [-0.2, 0) is 0 Å². The fourth-order valence-corrected chi connectivity index (χ4v) is 7.68. The standard InChI is InChI=1S/C50H30N4O2/c1-3-14-46-40(12-1)42-26-32(16-18-48(42)55-46)37-23-38(33-17-19-49-43(27-33)41-13-2-4-15-47(41)56-49)25-39(24-37)45-28-44(53-50(54-45)36-11-7-21-52-30-36)34-9-5-8-31(22-34)35-10-6-20-51-29-35/h1-30H. The molecule has 11 aromatic rings. The Kier molecular flexibility index (Phi) is 7.38. The van der Waals surface area contributed by atoms with Crippen LogP contribution in [0.4, 0.5) is 0 Å². The molecule has 5 aromatic heterocycles. The Morgan fingerprint density at radius 2 is 0.786 bits per heavy atom. The minimum Gasteiger partial charge on any atom is -0.456 e. The van der Waals surface area contributed by atoms with E-state index in [1.807, 2.05) is 54.9 Å². The number of pyridine rings is 2. The average Bonchev–Trinajstić information content (AvgIpc) is 3.84.